The van der Waals surface area contributed by atoms with Crippen molar-refractivity contribution in [1.82, 2.24) is 19.8 Å². The fourth-order valence-electron chi connectivity index (χ4n) is 6.67. The number of benzene rings is 1. The van der Waals surface area contributed by atoms with E-state index in [0.29, 0.717) is 36.4 Å². The normalized spacial score (nSPS) is 21.7. The number of hydrogen-bond donors (Lipinski definition) is 1. The summed E-state index contributed by atoms with van der Waals surface area (Å²) in [7, 11) is 0. The zero-order chi connectivity index (χ0) is 25.6. The molecule has 0 spiro atoms. The smallest absolute Gasteiger partial charge is 0.237 e. The Kier molecular flexibility index (Phi) is 6.95. The summed E-state index contributed by atoms with van der Waals surface area (Å²) in [6, 6.07) is 12.2. The van der Waals surface area contributed by atoms with Crippen LogP contribution in [-0.4, -0.2) is 57.4 Å². The van der Waals surface area contributed by atoms with Crippen LogP contribution in [0, 0.1) is 13.8 Å². The quantitative estimate of drug-likeness (QED) is 0.445. The molecule has 192 valence electrons. The maximum absolute atomic E-state index is 13.0. The van der Waals surface area contributed by atoms with Gasteiger partial charge >= 0.3 is 0 Å². The number of carbonyl (C=O) groups is 1. The van der Waals surface area contributed by atoms with Crippen molar-refractivity contribution >= 4 is 16.8 Å². The van der Waals surface area contributed by atoms with Crippen molar-refractivity contribution in [2.24, 2.45) is 0 Å². The Hall–Kier alpha value is -2.66. The fourth-order valence-corrected chi connectivity index (χ4v) is 6.67. The lowest BCUT2D eigenvalue weighted by Gasteiger charge is -2.34. The van der Waals surface area contributed by atoms with Crippen LogP contribution >= 0.6 is 0 Å². The molecule has 0 saturated carbocycles. The highest BCUT2D eigenvalue weighted by Crippen LogP contribution is 2.38. The predicted octanol–water partition coefficient (Wildman–Crippen LogP) is 6.55. The summed E-state index contributed by atoms with van der Waals surface area (Å²) in [6.07, 6.45) is 4.50. The van der Waals surface area contributed by atoms with E-state index in [1.54, 1.807) is 0 Å². The van der Waals surface area contributed by atoms with E-state index >= 15 is 0 Å². The van der Waals surface area contributed by atoms with E-state index in [1.807, 2.05) is 0 Å². The van der Waals surface area contributed by atoms with Gasteiger partial charge in [-0.3, -0.25) is 14.7 Å². The molecule has 5 rings (SSSR count). The van der Waals surface area contributed by atoms with Crippen LogP contribution in [0.4, 0.5) is 0 Å². The Labute approximate surface area is 216 Å². The van der Waals surface area contributed by atoms with E-state index in [2.05, 4.69) is 91.6 Å². The molecule has 5 heteroatoms. The second kappa shape index (κ2) is 10.0. The van der Waals surface area contributed by atoms with E-state index in [4.69, 9.17) is 0 Å². The highest BCUT2D eigenvalue weighted by molar-refractivity contribution is 5.92. The van der Waals surface area contributed by atoms with E-state index < -0.39 is 0 Å². The fraction of sp³-hybridized carbons (Fsp3) is 0.548. The van der Waals surface area contributed by atoms with Crippen LogP contribution < -0.4 is 0 Å². The largest absolute Gasteiger partial charge is 0.354 e. The number of H-pyrrole nitrogens is 1. The lowest BCUT2D eigenvalue weighted by molar-refractivity contribution is -0.135. The molecule has 2 saturated heterocycles. The summed E-state index contributed by atoms with van der Waals surface area (Å²) in [5.41, 5.74) is 8.60. The summed E-state index contributed by atoms with van der Waals surface area (Å²) in [5.74, 6) is 1.28. The number of hydrogen-bond acceptors (Lipinski definition) is 3. The number of likely N-dealkylation sites (tertiary alicyclic amines) is 2. The third-order valence-corrected chi connectivity index (χ3v) is 8.47. The van der Waals surface area contributed by atoms with Gasteiger partial charge < -0.3 is 9.88 Å². The summed E-state index contributed by atoms with van der Waals surface area (Å²) >= 11 is 0. The molecule has 2 aliphatic heterocycles. The van der Waals surface area contributed by atoms with Crippen LogP contribution in [0.1, 0.15) is 87.7 Å². The standard InChI is InChI=1S/C31H42N4O/c1-19(2)30-27-17-25(9-10-28(27)33-31(30)26-15-20(3)32-21(4)16-26)24-11-13-34(14-12-24)18-29(36)35-22(5)7-8-23(35)6/h9-10,15-17,19,22-24,33H,7-8,11-14,18H2,1-6H3. The van der Waals surface area contributed by atoms with Crippen LogP contribution in [0.5, 0.6) is 0 Å². The topological polar surface area (TPSA) is 52.2 Å². The van der Waals surface area contributed by atoms with E-state index in [-0.39, 0.29) is 0 Å². The Morgan fingerprint density at radius 2 is 1.64 bits per heavy atom. The minimum Gasteiger partial charge on any atom is -0.354 e. The third-order valence-electron chi connectivity index (χ3n) is 8.47. The van der Waals surface area contributed by atoms with Gasteiger partial charge in [-0.15, -0.1) is 0 Å². The number of rotatable bonds is 5. The Bertz CT molecular complexity index is 1220. The van der Waals surface area contributed by atoms with Crippen LogP contribution in [0.3, 0.4) is 0 Å². The zero-order valence-electron chi connectivity index (χ0n) is 22.9. The van der Waals surface area contributed by atoms with Crippen molar-refractivity contribution < 1.29 is 4.79 Å². The number of nitrogens with one attached hydrogen (secondary N) is 1. The second-order valence-electron chi connectivity index (χ2n) is 11.6. The zero-order valence-corrected chi connectivity index (χ0v) is 22.9. The summed E-state index contributed by atoms with van der Waals surface area (Å²) in [5, 5.41) is 1.35. The van der Waals surface area contributed by atoms with Gasteiger partial charge in [-0.25, -0.2) is 0 Å². The van der Waals surface area contributed by atoms with Crippen LogP contribution in [0.2, 0.25) is 0 Å². The molecule has 36 heavy (non-hydrogen) atoms. The molecule has 0 aliphatic carbocycles. The monoisotopic (exact) mass is 486 g/mol. The number of carbonyl (C=O) groups excluding carboxylic acids is 1. The van der Waals surface area contributed by atoms with Crippen molar-refractivity contribution in [1.29, 1.82) is 0 Å². The first kappa shape index (κ1) is 25.0. The van der Waals surface area contributed by atoms with Crippen molar-refractivity contribution in [3.8, 4) is 11.3 Å². The predicted molar refractivity (Wildman–Crippen MR) is 149 cm³/mol. The van der Waals surface area contributed by atoms with Gasteiger partial charge in [-0.1, -0.05) is 19.9 Å². The lowest BCUT2D eigenvalue weighted by Crippen LogP contribution is -2.46. The van der Waals surface area contributed by atoms with Gasteiger partial charge in [0, 0.05) is 39.9 Å². The molecule has 3 aromatic rings. The number of pyridine rings is 1. The first-order chi connectivity index (χ1) is 17.2. The van der Waals surface area contributed by atoms with E-state index in [9.17, 15) is 4.79 Å². The third kappa shape index (κ3) is 4.82. The number of amides is 1. The second-order valence-corrected chi connectivity index (χ2v) is 11.6. The number of aryl methyl sites for hydroxylation is 2. The van der Waals surface area contributed by atoms with Crippen LogP contribution in [-0.2, 0) is 4.79 Å². The molecule has 1 N–H and O–H groups in total. The maximum Gasteiger partial charge on any atom is 0.237 e. The molecule has 1 amide bonds. The number of fused-ring (bicyclic) bond motifs is 1. The van der Waals surface area contributed by atoms with Crippen molar-refractivity contribution in [3.63, 3.8) is 0 Å². The molecule has 5 nitrogen and oxygen atoms in total. The summed E-state index contributed by atoms with van der Waals surface area (Å²) in [4.78, 5) is 25.8. The molecule has 2 aliphatic rings. The van der Waals surface area contributed by atoms with Crippen LogP contribution in [0.15, 0.2) is 30.3 Å². The average molecular weight is 487 g/mol. The first-order valence-electron chi connectivity index (χ1n) is 13.9. The van der Waals surface area contributed by atoms with Gasteiger partial charge in [-0.05, 0) is 114 Å². The molecule has 0 bridgehead atoms. The number of nitrogens with zero attached hydrogens (tertiary/aromatic N) is 3. The van der Waals surface area contributed by atoms with Crippen LogP contribution in [0.25, 0.3) is 22.2 Å². The van der Waals surface area contributed by atoms with Crippen molar-refractivity contribution in [2.75, 3.05) is 19.6 Å². The molecule has 1 aromatic carbocycles. The van der Waals surface area contributed by atoms with Gasteiger partial charge in [-0.2, -0.15) is 0 Å². The highest BCUT2D eigenvalue weighted by Gasteiger charge is 2.33. The molecule has 4 heterocycles. The highest BCUT2D eigenvalue weighted by atomic mass is 16.2. The van der Waals surface area contributed by atoms with Gasteiger partial charge in [0.05, 0.1) is 12.2 Å². The Morgan fingerprint density at radius 3 is 2.25 bits per heavy atom. The molecule has 2 atom stereocenters. The molecule has 2 fully saturated rings. The molecule has 2 aromatic heterocycles. The minimum atomic E-state index is 0.315. The van der Waals surface area contributed by atoms with Gasteiger partial charge in [0.15, 0.2) is 0 Å². The molecule has 0 radical (unpaired) electrons. The van der Waals surface area contributed by atoms with E-state index in [1.165, 1.54) is 33.3 Å². The average Bonchev–Trinajstić information content (AvgIpc) is 3.38. The maximum atomic E-state index is 13.0. The van der Waals surface area contributed by atoms with Crippen molar-refractivity contribution in [2.45, 2.75) is 91.1 Å². The number of aromatic amines is 1. The lowest BCUT2D eigenvalue weighted by atomic mass is 9.87. The summed E-state index contributed by atoms with van der Waals surface area (Å²) in [6.45, 7) is 15.7. The van der Waals surface area contributed by atoms with E-state index in [0.717, 1.165) is 50.2 Å². The van der Waals surface area contributed by atoms with Gasteiger partial charge in [0.25, 0.3) is 0 Å². The molecule has 2 unspecified atom stereocenters. The number of piperidine rings is 1. The summed E-state index contributed by atoms with van der Waals surface area (Å²) < 4.78 is 0. The van der Waals surface area contributed by atoms with Crippen molar-refractivity contribution in [3.05, 3.63) is 52.8 Å². The molecular weight excluding hydrogens is 444 g/mol. The minimum absolute atomic E-state index is 0.315. The number of aromatic nitrogens is 2. The Balaban J connectivity index is 1.33. The molecular formula is C31H42N4O. The Morgan fingerprint density at radius 1 is 1.00 bits per heavy atom. The SMILES string of the molecule is Cc1cc(-c2[nH]c3ccc(C4CCN(CC(=O)N5C(C)CCC5C)CC4)cc3c2C(C)C)cc(C)n1. The van der Waals surface area contributed by atoms with Gasteiger partial charge in [0.2, 0.25) is 5.91 Å². The first-order valence-corrected chi connectivity index (χ1v) is 13.9. The van der Waals surface area contributed by atoms with Gasteiger partial charge in [0.1, 0.15) is 0 Å².